The number of rotatable bonds is 2. The van der Waals surface area contributed by atoms with Gasteiger partial charge in [-0.3, -0.25) is 4.90 Å². The standard InChI is InChI=1S/C23H27Cl2N5O2/c1-14-12-28(13-15(2)30(14)22(31)32-23(3,4)5)21-18(25)6-7-19(27-21)17-11-26-29-9-8-16(24)10-20(17)29/h6-11,14-15H,12-13H2,1-5H3/t14-,15+. The van der Waals surface area contributed by atoms with Crippen LogP contribution in [0.1, 0.15) is 34.6 Å². The van der Waals surface area contributed by atoms with E-state index in [1.165, 1.54) is 0 Å². The number of anilines is 1. The molecule has 7 nitrogen and oxygen atoms in total. The van der Waals surface area contributed by atoms with Crippen LogP contribution in [0.15, 0.2) is 36.7 Å². The van der Waals surface area contributed by atoms with Crippen LogP contribution >= 0.6 is 23.2 Å². The molecule has 0 N–H and O–H groups in total. The zero-order valence-corrected chi connectivity index (χ0v) is 20.4. The summed E-state index contributed by atoms with van der Waals surface area (Å²) < 4.78 is 7.37. The molecule has 32 heavy (non-hydrogen) atoms. The van der Waals surface area contributed by atoms with Crippen LogP contribution in [0.2, 0.25) is 10.0 Å². The lowest BCUT2D eigenvalue weighted by molar-refractivity contribution is 0.00561. The molecule has 1 aliphatic rings. The molecule has 0 radical (unpaired) electrons. The predicted octanol–water partition coefficient (Wildman–Crippen LogP) is 5.54. The van der Waals surface area contributed by atoms with E-state index in [4.69, 9.17) is 32.9 Å². The highest BCUT2D eigenvalue weighted by atomic mass is 35.5. The number of hydrogen-bond acceptors (Lipinski definition) is 5. The number of piperazine rings is 1. The van der Waals surface area contributed by atoms with Gasteiger partial charge < -0.3 is 9.64 Å². The van der Waals surface area contributed by atoms with Gasteiger partial charge in [-0.25, -0.2) is 14.3 Å². The van der Waals surface area contributed by atoms with Crippen molar-refractivity contribution < 1.29 is 9.53 Å². The van der Waals surface area contributed by atoms with E-state index >= 15 is 0 Å². The Bertz CT molecular complexity index is 1140. The van der Waals surface area contributed by atoms with Gasteiger partial charge >= 0.3 is 6.09 Å². The number of halogens is 2. The number of nitrogens with zero attached hydrogens (tertiary/aromatic N) is 5. The SMILES string of the molecule is C[C@@H]1CN(c2nc(-c3cnn4ccc(Cl)cc34)ccc2Cl)C[C@H](C)N1C(=O)OC(C)(C)C. The van der Waals surface area contributed by atoms with E-state index in [-0.39, 0.29) is 18.2 Å². The third-order valence-electron chi connectivity index (χ3n) is 5.41. The van der Waals surface area contributed by atoms with Crippen LogP contribution in [-0.4, -0.2) is 56.4 Å². The molecule has 0 aliphatic carbocycles. The molecule has 0 saturated carbocycles. The maximum atomic E-state index is 12.7. The molecule has 4 rings (SSSR count). The summed E-state index contributed by atoms with van der Waals surface area (Å²) >= 11 is 12.8. The van der Waals surface area contributed by atoms with Crippen molar-refractivity contribution in [1.29, 1.82) is 0 Å². The van der Waals surface area contributed by atoms with Crippen LogP contribution in [0.3, 0.4) is 0 Å². The Morgan fingerprint density at radius 3 is 2.47 bits per heavy atom. The van der Waals surface area contributed by atoms with Gasteiger partial charge in [0.05, 0.1) is 34.5 Å². The van der Waals surface area contributed by atoms with E-state index in [2.05, 4.69) is 10.00 Å². The Kier molecular flexibility index (Phi) is 5.98. The first kappa shape index (κ1) is 22.7. The molecule has 9 heteroatoms. The average Bonchev–Trinajstić information content (AvgIpc) is 3.09. The maximum absolute atomic E-state index is 12.7. The summed E-state index contributed by atoms with van der Waals surface area (Å²) in [5.41, 5.74) is 1.97. The van der Waals surface area contributed by atoms with Gasteiger partial charge in [0, 0.05) is 29.9 Å². The highest BCUT2D eigenvalue weighted by molar-refractivity contribution is 6.33. The fourth-order valence-corrected chi connectivity index (χ4v) is 4.51. The van der Waals surface area contributed by atoms with E-state index in [0.29, 0.717) is 29.0 Å². The zero-order valence-electron chi connectivity index (χ0n) is 18.8. The molecule has 1 saturated heterocycles. The smallest absolute Gasteiger partial charge is 0.410 e. The number of hydrogen-bond donors (Lipinski definition) is 0. The molecule has 0 spiro atoms. The molecule has 0 aromatic carbocycles. The molecule has 3 aromatic heterocycles. The largest absolute Gasteiger partial charge is 0.444 e. The van der Waals surface area contributed by atoms with Gasteiger partial charge in [-0.05, 0) is 58.9 Å². The van der Waals surface area contributed by atoms with Gasteiger partial charge in [-0.15, -0.1) is 0 Å². The fourth-order valence-electron chi connectivity index (χ4n) is 4.13. The van der Waals surface area contributed by atoms with Gasteiger partial charge in [0.15, 0.2) is 0 Å². The molecule has 3 aromatic rings. The second-order valence-corrected chi connectivity index (χ2v) is 10.1. The highest BCUT2D eigenvalue weighted by Gasteiger charge is 2.36. The first-order valence-electron chi connectivity index (χ1n) is 10.6. The van der Waals surface area contributed by atoms with Crippen LogP contribution in [-0.2, 0) is 4.74 Å². The van der Waals surface area contributed by atoms with Gasteiger partial charge in [-0.2, -0.15) is 5.10 Å². The molecular formula is C23H27Cl2N5O2. The number of carbonyl (C=O) groups excluding carboxylic acids is 1. The second-order valence-electron chi connectivity index (χ2n) is 9.23. The van der Waals surface area contributed by atoms with Crippen molar-refractivity contribution in [2.75, 3.05) is 18.0 Å². The Labute approximate surface area is 197 Å². The summed E-state index contributed by atoms with van der Waals surface area (Å²) in [5.74, 6) is 0.688. The number of fused-ring (bicyclic) bond motifs is 1. The van der Waals surface area contributed by atoms with Crippen LogP contribution < -0.4 is 4.90 Å². The molecule has 1 amide bonds. The third-order valence-corrected chi connectivity index (χ3v) is 5.94. The minimum Gasteiger partial charge on any atom is -0.444 e. The van der Waals surface area contributed by atoms with Crippen molar-refractivity contribution in [1.82, 2.24) is 19.5 Å². The number of aromatic nitrogens is 3. The molecule has 2 atom stereocenters. The second kappa shape index (κ2) is 8.45. The minimum atomic E-state index is -0.538. The van der Waals surface area contributed by atoms with Crippen molar-refractivity contribution in [3.8, 4) is 11.3 Å². The van der Waals surface area contributed by atoms with Crippen LogP contribution in [0.5, 0.6) is 0 Å². The van der Waals surface area contributed by atoms with E-state index in [0.717, 1.165) is 16.8 Å². The number of amides is 1. The van der Waals surface area contributed by atoms with E-state index < -0.39 is 5.60 Å². The summed E-state index contributed by atoms with van der Waals surface area (Å²) in [6, 6.07) is 7.26. The maximum Gasteiger partial charge on any atom is 0.410 e. The summed E-state index contributed by atoms with van der Waals surface area (Å²) in [4.78, 5) is 21.5. The molecular weight excluding hydrogens is 449 g/mol. The lowest BCUT2D eigenvalue weighted by Crippen LogP contribution is -2.59. The fraction of sp³-hybridized carbons (Fsp3) is 0.435. The van der Waals surface area contributed by atoms with Crippen molar-refractivity contribution in [2.45, 2.75) is 52.3 Å². The summed E-state index contributed by atoms with van der Waals surface area (Å²) in [6.45, 7) is 10.8. The number of carbonyl (C=O) groups is 1. The molecule has 1 fully saturated rings. The Hall–Kier alpha value is -2.51. The minimum absolute atomic E-state index is 0.0640. The van der Waals surface area contributed by atoms with Gasteiger partial charge in [0.1, 0.15) is 11.4 Å². The number of ether oxygens (including phenoxy) is 1. The zero-order chi connectivity index (χ0) is 23.2. The predicted molar refractivity (Wildman–Crippen MR) is 128 cm³/mol. The van der Waals surface area contributed by atoms with Crippen molar-refractivity contribution in [3.63, 3.8) is 0 Å². The van der Waals surface area contributed by atoms with Crippen LogP contribution in [0.4, 0.5) is 10.6 Å². The quantitative estimate of drug-likeness (QED) is 0.486. The van der Waals surface area contributed by atoms with Gasteiger partial charge in [-0.1, -0.05) is 23.2 Å². The van der Waals surface area contributed by atoms with E-state index in [9.17, 15) is 4.79 Å². The third kappa shape index (κ3) is 4.50. The average molecular weight is 476 g/mol. The Morgan fingerprint density at radius 2 is 1.81 bits per heavy atom. The highest BCUT2D eigenvalue weighted by Crippen LogP contribution is 2.33. The first-order valence-corrected chi connectivity index (χ1v) is 11.3. The summed E-state index contributed by atoms with van der Waals surface area (Å²) in [6.07, 6.45) is 3.29. The van der Waals surface area contributed by atoms with Crippen molar-refractivity contribution >= 4 is 40.6 Å². The lowest BCUT2D eigenvalue weighted by Gasteiger charge is -2.45. The van der Waals surface area contributed by atoms with Gasteiger partial charge in [0.2, 0.25) is 0 Å². The monoisotopic (exact) mass is 475 g/mol. The molecule has 1 aliphatic heterocycles. The summed E-state index contributed by atoms with van der Waals surface area (Å²) in [7, 11) is 0. The Balaban J connectivity index is 1.62. The topological polar surface area (TPSA) is 63.0 Å². The number of pyridine rings is 2. The van der Waals surface area contributed by atoms with E-state index in [1.54, 1.807) is 21.7 Å². The van der Waals surface area contributed by atoms with Gasteiger partial charge in [0.25, 0.3) is 0 Å². The summed E-state index contributed by atoms with van der Waals surface area (Å²) in [5, 5.41) is 5.59. The Morgan fingerprint density at radius 1 is 1.12 bits per heavy atom. The van der Waals surface area contributed by atoms with Crippen molar-refractivity contribution in [2.24, 2.45) is 0 Å². The molecule has 0 unspecified atom stereocenters. The normalized spacial score (nSPS) is 19.5. The molecule has 0 bridgehead atoms. The first-order chi connectivity index (χ1) is 15.0. The lowest BCUT2D eigenvalue weighted by atomic mass is 10.1. The molecule has 170 valence electrons. The van der Waals surface area contributed by atoms with Crippen molar-refractivity contribution in [3.05, 3.63) is 46.7 Å². The van der Waals surface area contributed by atoms with Crippen LogP contribution in [0.25, 0.3) is 16.8 Å². The molecule has 4 heterocycles. The van der Waals surface area contributed by atoms with E-state index in [1.807, 2.05) is 59.0 Å². The van der Waals surface area contributed by atoms with Crippen LogP contribution in [0, 0.1) is 0 Å².